The van der Waals surface area contributed by atoms with Gasteiger partial charge in [-0.1, -0.05) is 48.5 Å². The molecule has 0 bridgehead atoms. The van der Waals surface area contributed by atoms with Crippen molar-refractivity contribution in [3.8, 4) is 0 Å². The number of nitrogens with zero attached hydrogens (tertiary/aromatic N) is 1. The van der Waals surface area contributed by atoms with E-state index in [4.69, 9.17) is 0 Å². The fraction of sp³-hybridized carbons (Fsp3) is 0.368. The van der Waals surface area contributed by atoms with E-state index in [1.807, 2.05) is 18.2 Å². The van der Waals surface area contributed by atoms with Crippen molar-refractivity contribution in [1.82, 2.24) is 10.2 Å². The third-order valence-electron chi connectivity index (χ3n) is 4.37. The van der Waals surface area contributed by atoms with Gasteiger partial charge in [-0.15, -0.1) is 0 Å². The lowest BCUT2D eigenvalue weighted by Gasteiger charge is -2.39. The summed E-state index contributed by atoms with van der Waals surface area (Å²) in [6, 6.07) is 18.5. The predicted octanol–water partition coefficient (Wildman–Crippen LogP) is 3.23. The molecule has 2 aromatic carbocycles. The number of benzene rings is 2. The zero-order valence-electron chi connectivity index (χ0n) is 13.0. The van der Waals surface area contributed by atoms with Crippen LogP contribution in [-0.2, 0) is 13.0 Å². The van der Waals surface area contributed by atoms with Gasteiger partial charge in [0.05, 0.1) is 0 Å². The van der Waals surface area contributed by atoms with E-state index in [1.165, 1.54) is 5.56 Å². The van der Waals surface area contributed by atoms with Gasteiger partial charge in [0.15, 0.2) is 0 Å². The molecule has 3 heteroatoms. The van der Waals surface area contributed by atoms with E-state index >= 15 is 0 Å². The first-order chi connectivity index (χ1) is 10.7. The molecule has 22 heavy (non-hydrogen) atoms. The Balaban J connectivity index is 1.74. The first-order valence-electron chi connectivity index (χ1n) is 7.97. The SMILES string of the molecule is CC1CN(Cc2ccccc2F)C(Cc2ccccc2)CN1. The van der Waals surface area contributed by atoms with E-state index in [-0.39, 0.29) is 5.82 Å². The zero-order chi connectivity index (χ0) is 15.4. The Morgan fingerprint density at radius 1 is 1.09 bits per heavy atom. The summed E-state index contributed by atoms with van der Waals surface area (Å²) >= 11 is 0. The standard InChI is InChI=1S/C19H23FN2/c1-15-13-22(14-17-9-5-6-10-19(17)20)18(12-21-15)11-16-7-3-2-4-8-16/h2-10,15,18,21H,11-14H2,1H3. The first kappa shape index (κ1) is 15.2. The Morgan fingerprint density at radius 2 is 1.82 bits per heavy atom. The van der Waals surface area contributed by atoms with Crippen LogP contribution in [0.2, 0.25) is 0 Å². The van der Waals surface area contributed by atoms with Crippen LogP contribution in [0.15, 0.2) is 54.6 Å². The second kappa shape index (κ2) is 7.03. The third-order valence-corrected chi connectivity index (χ3v) is 4.37. The second-order valence-corrected chi connectivity index (χ2v) is 6.17. The maximum atomic E-state index is 14.0. The average molecular weight is 298 g/mol. The highest BCUT2D eigenvalue weighted by Gasteiger charge is 2.26. The summed E-state index contributed by atoms with van der Waals surface area (Å²) in [6.45, 7) is 4.76. The smallest absolute Gasteiger partial charge is 0.127 e. The molecule has 3 rings (SSSR count). The summed E-state index contributed by atoms with van der Waals surface area (Å²) in [5, 5.41) is 3.55. The molecule has 0 amide bonds. The molecule has 2 aromatic rings. The van der Waals surface area contributed by atoms with Crippen LogP contribution in [0.3, 0.4) is 0 Å². The van der Waals surface area contributed by atoms with Crippen molar-refractivity contribution in [2.24, 2.45) is 0 Å². The lowest BCUT2D eigenvalue weighted by atomic mass is 10.0. The quantitative estimate of drug-likeness (QED) is 0.932. The van der Waals surface area contributed by atoms with Crippen molar-refractivity contribution in [2.75, 3.05) is 13.1 Å². The van der Waals surface area contributed by atoms with Crippen molar-refractivity contribution >= 4 is 0 Å². The summed E-state index contributed by atoms with van der Waals surface area (Å²) in [7, 11) is 0. The van der Waals surface area contributed by atoms with Crippen LogP contribution in [0, 0.1) is 5.82 Å². The molecule has 0 spiro atoms. The Kier molecular flexibility index (Phi) is 4.86. The van der Waals surface area contributed by atoms with Gasteiger partial charge < -0.3 is 5.32 Å². The largest absolute Gasteiger partial charge is 0.311 e. The van der Waals surface area contributed by atoms with Crippen LogP contribution in [0.25, 0.3) is 0 Å². The molecule has 0 radical (unpaired) electrons. The summed E-state index contributed by atoms with van der Waals surface area (Å²) in [4.78, 5) is 2.41. The van der Waals surface area contributed by atoms with Gasteiger partial charge in [-0.2, -0.15) is 0 Å². The predicted molar refractivity (Wildman–Crippen MR) is 88.2 cm³/mol. The monoisotopic (exact) mass is 298 g/mol. The molecule has 1 fully saturated rings. The Bertz CT molecular complexity index is 599. The summed E-state index contributed by atoms with van der Waals surface area (Å²) in [5.41, 5.74) is 2.12. The topological polar surface area (TPSA) is 15.3 Å². The van der Waals surface area contributed by atoms with E-state index < -0.39 is 0 Å². The van der Waals surface area contributed by atoms with Crippen molar-refractivity contribution in [2.45, 2.75) is 32.0 Å². The molecule has 0 aliphatic carbocycles. The van der Waals surface area contributed by atoms with E-state index in [0.717, 1.165) is 25.1 Å². The number of halogens is 1. The number of hydrogen-bond donors (Lipinski definition) is 1. The van der Waals surface area contributed by atoms with Gasteiger partial charge in [0.2, 0.25) is 0 Å². The van der Waals surface area contributed by atoms with Gasteiger partial charge in [-0.05, 0) is 25.0 Å². The summed E-state index contributed by atoms with van der Waals surface area (Å²) < 4.78 is 14.0. The van der Waals surface area contributed by atoms with Crippen molar-refractivity contribution < 1.29 is 4.39 Å². The molecule has 2 nitrogen and oxygen atoms in total. The number of piperazine rings is 1. The minimum Gasteiger partial charge on any atom is -0.311 e. The lowest BCUT2D eigenvalue weighted by molar-refractivity contribution is 0.125. The minimum absolute atomic E-state index is 0.104. The van der Waals surface area contributed by atoms with Gasteiger partial charge in [0.1, 0.15) is 5.82 Å². The Morgan fingerprint density at radius 3 is 2.59 bits per heavy atom. The summed E-state index contributed by atoms with van der Waals surface area (Å²) in [6.07, 6.45) is 0.995. The molecule has 0 aromatic heterocycles. The molecule has 2 atom stereocenters. The van der Waals surface area contributed by atoms with E-state index in [0.29, 0.717) is 18.6 Å². The van der Waals surface area contributed by atoms with E-state index in [2.05, 4.69) is 41.4 Å². The maximum absolute atomic E-state index is 14.0. The normalized spacial score (nSPS) is 22.6. The van der Waals surface area contributed by atoms with Crippen LogP contribution in [-0.4, -0.2) is 30.1 Å². The van der Waals surface area contributed by atoms with Crippen LogP contribution in [0.4, 0.5) is 4.39 Å². The molecule has 1 aliphatic heterocycles. The molecular weight excluding hydrogens is 275 g/mol. The van der Waals surface area contributed by atoms with E-state index in [1.54, 1.807) is 12.1 Å². The zero-order valence-corrected chi connectivity index (χ0v) is 13.0. The van der Waals surface area contributed by atoms with E-state index in [9.17, 15) is 4.39 Å². The van der Waals surface area contributed by atoms with Crippen molar-refractivity contribution in [3.63, 3.8) is 0 Å². The minimum atomic E-state index is -0.104. The van der Waals surface area contributed by atoms with Gasteiger partial charge in [-0.3, -0.25) is 4.90 Å². The number of rotatable bonds is 4. The van der Waals surface area contributed by atoms with Gasteiger partial charge >= 0.3 is 0 Å². The van der Waals surface area contributed by atoms with Crippen molar-refractivity contribution in [1.29, 1.82) is 0 Å². The van der Waals surface area contributed by atoms with Gasteiger partial charge in [0.25, 0.3) is 0 Å². The maximum Gasteiger partial charge on any atom is 0.127 e. The molecule has 1 heterocycles. The lowest BCUT2D eigenvalue weighted by Crippen LogP contribution is -2.55. The molecule has 1 aliphatic rings. The van der Waals surface area contributed by atoms with Crippen LogP contribution < -0.4 is 5.32 Å². The first-order valence-corrected chi connectivity index (χ1v) is 7.97. The fourth-order valence-corrected chi connectivity index (χ4v) is 3.16. The number of nitrogens with one attached hydrogen (secondary N) is 1. The highest BCUT2D eigenvalue weighted by atomic mass is 19.1. The highest BCUT2D eigenvalue weighted by molar-refractivity contribution is 5.19. The fourth-order valence-electron chi connectivity index (χ4n) is 3.16. The molecule has 1 saturated heterocycles. The molecule has 0 saturated carbocycles. The molecule has 2 unspecified atom stereocenters. The molecule has 1 N–H and O–H groups in total. The van der Waals surface area contributed by atoms with Gasteiger partial charge in [-0.25, -0.2) is 4.39 Å². The second-order valence-electron chi connectivity index (χ2n) is 6.17. The third kappa shape index (κ3) is 3.73. The average Bonchev–Trinajstić information content (AvgIpc) is 2.53. The van der Waals surface area contributed by atoms with Crippen LogP contribution in [0.5, 0.6) is 0 Å². The highest BCUT2D eigenvalue weighted by Crippen LogP contribution is 2.18. The molecule has 116 valence electrons. The molecular formula is C19H23FN2. The van der Waals surface area contributed by atoms with Crippen molar-refractivity contribution in [3.05, 3.63) is 71.5 Å². The summed E-state index contributed by atoms with van der Waals surface area (Å²) in [5.74, 6) is -0.104. The number of hydrogen-bond acceptors (Lipinski definition) is 2. The van der Waals surface area contributed by atoms with Crippen LogP contribution in [0.1, 0.15) is 18.1 Å². The van der Waals surface area contributed by atoms with Gasteiger partial charge in [0, 0.05) is 37.3 Å². The Labute approximate surface area is 132 Å². The van der Waals surface area contributed by atoms with Crippen LogP contribution >= 0.6 is 0 Å². The Hall–Kier alpha value is -1.71.